The third kappa shape index (κ3) is 2.79. The number of nitrogens with zero attached hydrogens (tertiary/aromatic N) is 2. The van der Waals surface area contributed by atoms with Crippen molar-refractivity contribution in [2.75, 3.05) is 0 Å². The highest BCUT2D eigenvalue weighted by atomic mass is 16.5. The second kappa shape index (κ2) is 4.61. The Balaban J connectivity index is 1.92. The molecule has 0 spiro atoms. The van der Waals surface area contributed by atoms with E-state index in [0.717, 1.165) is 19.3 Å². The Labute approximate surface area is 93.6 Å². The molecule has 0 saturated heterocycles. The Kier molecular flexibility index (Phi) is 3.19. The molecule has 1 aromatic rings. The molecule has 16 heavy (non-hydrogen) atoms. The van der Waals surface area contributed by atoms with E-state index in [0.29, 0.717) is 18.4 Å². The van der Waals surface area contributed by atoms with E-state index < -0.39 is 0 Å². The van der Waals surface area contributed by atoms with Gasteiger partial charge in [0.15, 0.2) is 0 Å². The van der Waals surface area contributed by atoms with Crippen LogP contribution in [-0.2, 0) is 6.42 Å². The molecule has 6 heteroatoms. The van der Waals surface area contributed by atoms with Crippen LogP contribution in [0.5, 0.6) is 0 Å². The maximum atomic E-state index is 11.5. The highest BCUT2D eigenvalue weighted by molar-refractivity contribution is 5.90. The molecule has 0 aromatic carbocycles. The minimum absolute atomic E-state index is 0.000191. The number of rotatable bonds is 5. The summed E-state index contributed by atoms with van der Waals surface area (Å²) in [5.74, 6) is 0.267. The van der Waals surface area contributed by atoms with E-state index in [2.05, 4.69) is 15.5 Å². The molecular weight excluding hydrogens is 208 g/mol. The minimum Gasteiger partial charge on any atom is -0.346 e. The Bertz CT molecular complexity index is 373. The molecule has 6 nitrogen and oxygen atoms in total. The van der Waals surface area contributed by atoms with E-state index in [-0.39, 0.29) is 17.8 Å². The number of hydrogen-bond donors (Lipinski definition) is 2. The standard InChI is InChI=1S/C10H16N4O2/c1-2-6(11)5-8-13-9(14-16-8)10(15)12-7-3-4-7/h6-7H,2-5,11H2,1H3,(H,12,15). The van der Waals surface area contributed by atoms with E-state index in [1.165, 1.54) is 0 Å². The van der Waals surface area contributed by atoms with Gasteiger partial charge in [-0.15, -0.1) is 0 Å². The summed E-state index contributed by atoms with van der Waals surface area (Å²) < 4.78 is 4.96. The van der Waals surface area contributed by atoms with E-state index in [4.69, 9.17) is 10.3 Å². The smallest absolute Gasteiger partial charge is 0.292 e. The van der Waals surface area contributed by atoms with Gasteiger partial charge in [0.2, 0.25) is 5.89 Å². The van der Waals surface area contributed by atoms with Crippen molar-refractivity contribution in [2.45, 2.75) is 44.7 Å². The van der Waals surface area contributed by atoms with Crippen molar-refractivity contribution in [3.05, 3.63) is 11.7 Å². The highest BCUT2D eigenvalue weighted by Crippen LogP contribution is 2.18. The van der Waals surface area contributed by atoms with Crippen LogP contribution < -0.4 is 11.1 Å². The average molecular weight is 224 g/mol. The zero-order valence-electron chi connectivity index (χ0n) is 9.27. The first-order valence-corrected chi connectivity index (χ1v) is 5.58. The topological polar surface area (TPSA) is 94.0 Å². The Hall–Kier alpha value is -1.43. The van der Waals surface area contributed by atoms with Crippen LogP contribution in [0.2, 0.25) is 0 Å². The molecule has 2 rings (SSSR count). The lowest BCUT2D eigenvalue weighted by atomic mass is 10.2. The number of amides is 1. The van der Waals surface area contributed by atoms with E-state index >= 15 is 0 Å². The van der Waals surface area contributed by atoms with Crippen LogP contribution in [0.15, 0.2) is 4.52 Å². The molecule has 1 aliphatic rings. The number of carbonyl (C=O) groups excluding carboxylic acids is 1. The van der Waals surface area contributed by atoms with Gasteiger partial charge in [-0.2, -0.15) is 4.98 Å². The summed E-state index contributed by atoms with van der Waals surface area (Å²) in [5, 5.41) is 6.43. The van der Waals surface area contributed by atoms with Crippen LogP contribution in [0.25, 0.3) is 0 Å². The maximum absolute atomic E-state index is 11.5. The molecule has 1 heterocycles. The zero-order valence-corrected chi connectivity index (χ0v) is 9.27. The van der Waals surface area contributed by atoms with Crippen LogP contribution >= 0.6 is 0 Å². The van der Waals surface area contributed by atoms with Gasteiger partial charge in [0, 0.05) is 18.5 Å². The van der Waals surface area contributed by atoms with E-state index in [1.807, 2.05) is 6.92 Å². The number of hydrogen-bond acceptors (Lipinski definition) is 5. The molecule has 1 fully saturated rings. The van der Waals surface area contributed by atoms with Gasteiger partial charge in [-0.25, -0.2) is 0 Å². The molecule has 1 aromatic heterocycles. The maximum Gasteiger partial charge on any atom is 0.292 e. The van der Waals surface area contributed by atoms with Gasteiger partial charge >= 0.3 is 0 Å². The SMILES string of the molecule is CCC(N)Cc1nc(C(=O)NC2CC2)no1. The van der Waals surface area contributed by atoms with Crippen molar-refractivity contribution < 1.29 is 9.32 Å². The zero-order chi connectivity index (χ0) is 11.5. The largest absolute Gasteiger partial charge is 0.346 e. The fourth-order valence-corrected chi connectivity index (χ4v) is 1.28. The minimum atomic E-state index is -0.262. The summed E-state index contributed by atoms with van der Waals surface area (Å²) in [5.41, 5.74) is 5.75. The molecule has 1 aliphatic carbocycles. The lowest BCUT2D eigenvalue weighted by Crippen LogP contribution is -2.26. The van der Waals surface area contributed by atoms with Gasteiger partial charge in [0.25, 0.3) is 11.7 Å². The van der Waals surface area contributed by atoms with Crippen LogP contribution in [-0.4, -0.2) is 28.1 Å². The molecular formula is C10H16N4O2. The van der Waals surface area contributed by atoms with Crippen LogP contribution in [0, 0.1) is 0 Å². The lowest BCUT2D eigenvalue weighted by molar-refractivity contribution is 0.0937. The van der Waals surface area contributed by atoms with Crippen molar-refractivity contribution in [3.8, 4) is 0 Å². The molecule has 1 saturated carbocycles. The summed E-state index contributed by atoms with van der Waals surface area (Å²) in [6, 6.07) is 0.298. The first kappa shape index (κ1) is 11.1. The predicted octanol–water partition coefficient (Wildman–Crippen LogP) is 0.242. The molecule has 88 valence electrons. The van der Waals surface area contributed by atoms with Gasteiger partial charge in [0.05, 0.1) is 0 Å². The van der Waals surface area contributed by atoms with Crippen LogP contribution in [0.4, 0.5) is 0 Å². The molecule has 0 radical (unpaired) electrons. The van der Waals surface area contributed by atoms with E-state index in [9.17, 15) is 4.79 Å². The second-order valence-electron chi connectivity index (χ2n) is 4.13. The predicted molar refractivity (Wildman–Crippen MR) is 56.8 cm³/mol. The molecule has 1 atom stereocenters. The molecule has 1 amide bonds. The first-order valence-electron chi connectivity index (χ1n) is 5.58. The quantitative estimate of drug-likeness (QED) is 0.747. The summed E-state index contributed by atoms with van der Waals surface area (Å²) in [6.45, 7) is 1.99. The Morgan fingerprint density at radius 2 is 2.44 bits per heavy atom. The lowest BCUT2D eigenvalue weighted by Gasteiger charge is -2.02. The average Bonchev–Trinajstić information content (AvgIpc) is 2.95. The Morgan fingerprint density at radius 3 is 3.06 bits per heavy atom. The summed E-state index contributed by atoms with van der Waals surface area (Å²) in [7, 11) is 0. The fraction of sp³-hybridized carbons (Fsp3) is 0.700. The molecule has 1 unspecified atom stereocenters. The number of nitrogens with one attached hydrogen (secondary N) is 1. The normalized spacial score (nSPS) is 17.1. The molecule has 0 bridgehead atoms. The highest BCUT2D eigenvalue weighted by Gasteiger charge is 2.26. The van der Waals surface area contributed by atoms with Crippen molar-refractivity contribution in [1.29, 1.82) is 0 Å². The number of carbonyl (C=O) groups is 1. The third-order valence-electron chi connectivity index (χ3n) is 2.54. The summed E-state index contributed by atoms with van der Waals surface area (Å²) in [4.78, 5) is 15.5. The molecule has 0 aliphatic heterocycles. The summed E-state index contributed by atoms with van der Waals surface area (Å²) in [6.07, 6.45) is 3.43. The van der Waals surface area contributed by atoms with Crippen molar-refractivity contribution in [3.63, 3.8) is 0 Å². The second-order valence-corrected chi connectivity index (χ2v) is 4.13. The van der Waals surface area contributed by atoms with Crippen molar-refractivity contribution in [1.82, 2.24) is 15.5 Å². The monoisotopic (exact) mass is 224 g/mol. The number of aromatic nitrogens is 2. The first-order chi connectivity index (χ1) is 7.69. The Morgan fingerprint density at radius 1 is 1.69 bits per heavy atom. The van der Waals surface area contributed by atoms with E-state index in [1.54, 1.807) is 0 Å². The fourth-order valence-electron chi connectivity index (χ4n) is 1.28. The van der Waals surface area contributed by atoms with Gasteiger partial charge in [-0.05, 0) is 19.3 Å². The number of nitrogens with two attached hydrogens (primary N) is 1. The van der Waals surface area contributed by atoms with Gasteiger partial charge < -0.3 is 15.6 Å². The van der Waals surface area contributed by atoms with Crippen LogP contribution in [0.1, 0.15) is 42.7 Å². The van der Waals surface area contributed by atoms with Crippen molar-refractivity contribution in [2.24, 2.45) is 5.73 Å². The van der Waals surface area contributed by atoms with Gasteiger partial charge in [-0.1, -0.05) is 12.1 Å². The summed E-state index contributed by atoms with van der Waals surface area (Å²) >= 11 is 0. The van der Waals surface area contributed by atoms with Crippen molar-refractivity contribution >= 4 is 5.91 Å². The van der Waals surface area contributed by atoms with Crippen LogP contribution in [0.3, 0.4) is 0 Å². The van der Waals surface area contributed by atoms with Gasteiger partial charge in [-0.3, -0.25) is 4.79 Å². The molecule has 3 N–H and O–H groups in total. The third-order valence-corrected chi connectivity index (χ3v) is 2.54. The van der Waals surface area contributed by atoms with Gasteiger partial charge in [0.1, 0.15) is 0 Å².